The second kappa shape index (κ2) is 15.4. The molecule has 11 heteroatoms. The summed E-state index contributed by atoms with van der Waals surface area (Å²) in [5.74, 6) is -0.575. The van der Waals surface area contributed by atoms with Crippen LogP contribution in [0.4, 0.5) is 5.69 Å². The van der Waals surface area contributed by atoms with E-state index < -0.39 is 12.5 Å². The number of thioether (sulfide) groups is 1. The molecule has 0 atom stereocenters. The first-order valence-electron chi connectivity index (χ1n) is 16.0. The number of fused-ring (bicyclic) bond motifs is 4. The van der Waals surface area contributed by atoms with Gasteiger partial charge in [0.2, 0.25) is 5.52 Å². The summed E-state index contributed by atoms with van der Waals surface area (Å²) in [5.41, 5.74) is 3.52. The van der Waals surface area contributed by atoms with Gasteiger partial charge in [-0.15, -0.1) is 11.3 Å². The van der Waals surface area contributed by atoms with Crippen molar-refractivity contribution in [1.29, 1.82) is 0 Å². The molecule has 6 aromatic rings. The Morgan fingerprint density at radius 3 is 2.40 bits per heavy atom. The number of aryl methyl sites for hydroxylation is 1. The molecule has 0 radical (unpaired) electrons. The predicted molar refractivity (Wildman–Crippen MR) is 202 cm³/mol. The number of benzene rings is 4. The number of carboxylic acid groups (broad SMARTS) is 1. The lowest BCUT2D eigenvalue weighted by atomic mass is 10.1. The minimum absolute atomic E-state index is 0. The van der Waals surface area contributed by atoms with Gasteiger partial charge in [-0.1, -0.05) is 95.9 Å². The van der Waals surface area contributed by atoms with E-state index in [4.69, 9.17) is 4.74 Å². The van der Waals surface area contributed by atoms with E-state index in [-0.39, 0.29) is 29.5 Å². The monoisotopic (exact) mass is 831 g/mol. The lowest BCUT2D eigenvalue weighted by Crippen LogP contribution is -3.00. The van der Waals surface area contributed by atoms with Gasteiger partial charge in [0.05, 0.1) is 23.9 Å². The second-order valence-electron chi connectivity index (χ2n) is 11.3. The fraction of sp³-hybridized carbons (Fsp3) is 0.154. The highest BCUT2D eigenvalue weighted by Crippen LogP contribution is 2.49. The largest absolute Gasteiger partial charge is 1.00 e. The maximum Gasteiger partial charge on any atom is 0.323 e. The Bertz CT molecular complexity index is 2480. The molecule has 254 valence electrons. The van der Waals surface area contributed by atoms with E-state index in [1.807, 2.05) is 54.6 Å². The van der Waals surface area contributed by atoms with Gasteiger partial charge >= 0.3 is 5.97 Å². The Morgan fingerprint density at radius 1 is 0.920 bits per heavy atom. The van der Waals surface area contributed by atoms with Gasteiger partial charge in [0.25, 0.3) is 10.6 Å². The number of hydrogen-bond acceptors (Lipinski definition) is 7. The Balaban J connectivity index is 0.00000432. The Hall–Kier alpha value is -4.17. The molecule has 3 heterocycles. The van der Waals surface area contributed by atoms with Crippen molar-refractivity contribution < 1.29 is 43.2 Å². The van der Waals surface area contributed by atoms with Crippen LogP contribution in [0.2, 0.25) is 0 Å². The maximum atomic E-state index is 14.3. The summed E-state index contributed by atoms with van der Waals surface area (Å²) in [7, 11) is 1.59. The number of allylic oxidation sites excluding steroid dienone is 2. The highest BCUT2D eigenvalue weighted by Gasteiger charge is 2.27. The summed E-state index contributed by atoms with van der Waals surface area (Å²) in [5, 5.41) is 14.3. The van der Waals surface area contributed by atoms with Gasteiger partial charge in [-0.2, -0.15) is 4.57 Å². The van der Waals surface area contributed by atoms with Crippen molar-refractivity contribution in [2.24, 2.45) is 0 Å². The number of para-hydroxylation sites is 1. The zero-order valence-electron chi connectivity index (χ0n) is 27.6. The van der Waals surface area contributed by atoms with Gasteiger partial charge in [0.15, 0.2) is 0 Å². The number of carboxylic acids is 1. The van der Waals surface area contributed by atoms with Gasteiger partial charge in [0.1, 0.15) is 32.7 Å². The zero-order valence-corrected chi connectivity index (χ0v) is 32.2. The van der Waals surface area contributed by atoms with E-state index >= 15 is 0 Å². The third-order valence-corrected chi connectivity index (χ3v) is 11.9. The number of anilines is 1. The van der Waals surface area contributed by atoms with Crippen LogP contribution < -0.4 is 48.2 Å². The Morgan fingerprint density at radius 2 is 1.66 bits per heavy atom. The number of thiazole rings is 2. The van der Waals surface area contributed by atoms with Gasteiger partial charge in [-0.05, 0) is 48.4 Å². The average Bonchev–Trinajstić information content (AvgIpc) is 3.77. The number of nitrogens with zero attached hydrogens (tertiary/aromatic N) is 3. The van der Waals surface area contributed by atoms with E-state index in [2.05, 4.69) is 71.9 Å². The summed E-state index contributed by atoms with van der Waals surface area (Å²) >= 11 is 4.62. The smallest absolute Gasteiger partial charge is 0.323 e. The summed E-state index contributed by atoms with van der Waals surface area (Å²) in [6.07, 6.45) is 5.79. The molecule has 0 bridgehead atoms. The molecule has 1 N–H and O–H groups in total. The quantitative estimate of drug-likeness (QED) is 0.136. The lowest BCUT2D eigenvalue weighted by molar-refractivity contribution is -0.665. The fourth-order valence-corrected chi connectivity index (χ4v) is 9.76. The van der Waals surface area contributed by atoms with E-state index in [9.17, 15) is 14.7 Å². The molecule has 7 nitrogen and oxygen atoms in total. The van der Waals surface area contributed by atoms with Gasteiger partial charge in [0, 0.05) is 29.2 Å². The van der Waals surface area contributed by atoms with Crippen LogP contribution in [0, 0.1) is 0 Å². The molecule has 1 aliphatic rings. The van der Waals surface area contributed by atoms with Crippen LogP contribution in [0.3, 0.4) is 0 Å². The summed E-state index contributed by atoms with van der Waals surface area (Å²) < 4.78 is 11.5. The molecule has 0 spiro atoms. The van der Waals surface area contributed by atoms with Crippen molar-refractivity contribution in [3.63, 3.8) is 0 Å². The highest BCUT2D eigenvalue weighted by atomic mass is 127. The molecule has 0 unspecified atom stereocenters. The third-order valence-electron chi connectivity index (χ3n) is 8.46. The number of halogens is 1. The number of ether oxygens (including phenoxy) is 1. The molecule has 50 heavy (non-hydrogen) atoms. The Labute approximate surface area is 318 Å². The van der Waals surface area contributed by atoms with Crippen LogP contribution in [-0.4, -0.2) is 29.3 Å². The molecule has 2 aromatic heterocycles. The minimum atomic E-state index is -1.09. The van der Waals surface area contributed by atoms with Crippen LogP contribution in [0.15, 0.2) is 118 Å². The first-order chi connectivity index (χ1) is 23.9. The highest BCUT2D eigenvalue weighted by molar-refractivity contribution is 8.04. The number of hydrogen-bond donors (Lipinski definition) is 1. The number of carbonyl (C=O) groups is 1. The number of rotatable bonds is 9. The molecule has 0 aliphatic carbocycles. The van der Waals surface area contributed by atoms with Crippen LogP contribution in [-0.2, 0) is 22.6 Å². The molecule has 0 saturated carbocycles. The van der Waals surface area contributed by atoms with E-state index in [0.29, 0.717) is 15.0 Å². The lowest BCUT2D eigenvalue weighted by Gasteiger charge is -2.18. The van der Waals surface area contributed by atoms with Crippen LogP contribution >= 0.6 is 34.4 Å². The first-order valence-corrected chi connectivity index (χ1v) is 18.4. The molecular weight excluding hydrogens is 798 g/mol. The van der Waals surface area contributed by atoms with E-state index in [1.54, 1.807) is 36.3 Å². The minimum Gasteiger partial charge on any atom is -1.00 e. The summed E-state index contributed by atoms with van der Waals surface area (Å²) in [6.45, 7) is 5.27. The van der Waals surface area contributed by atoms with Crippen molar-refractivity contribution in [3.8, 4) is 0 Å². The standard InChI is InChI=1S/C39H33N3O4S3.HI/c1-4-40-30-17-11-12-18-32(30)47-33(40)21-27(46-3)22-34-42(24-36(43)44)39(45)38(49-34)29(25-13-7-6-8-14-25)23-35-41(5-2)31-20-19-26-15-9-10-16-28(26)37(31)48-35;/h6-23H,4-5,24H2,1-3H3;1H/b35-23+,38-29-;. The topological polar surface area (TPSA) is 75.7 Å². The maximum absolute atomic E-state index is 14.3. The van der Waals surface area contributed by atoms with Gasteiger partial charge < -0.3 is 38.7 Å². The zero-order chi connectivity index (χ0) is 34.1. The van der Waals surface area contributed by atoms with E-state index in [1.165, 1.54) is 31.6 Å². The molecule has 1 aliphatic heterocycles. The average molecular weight is 832 g/mol. The van der Waals surface area contributed by atoms with Crippen molar-refractivity contribution in [3.05, 3.63) is 138 Å². The first kappa shape index (κ1) is 35.6. The number of aromatic nitrogens is 2. The van der Waals surface area contributed by atoms with Gasteiger partial charge in [-0.25, -0.2) is 0 Å². The molecule has 0 amide bonds. The van der Waals surface area contributed by atoms with Crippen molar-refractivity contribution >= 4 is 84.8 Å². The van der Waals surface area contributed by atoms with E-state index in [0.717, 1.165) is 50.2 Å². The third kappa shape index (κ3) is 6.79. The summed E-state index contributed by atoms with van der Waals surface area (Å²) in [6, 6.07) is 30.7. The molecule has 7 rings (SSSR count). The fourth-order valence-electron chi connectivity index (χ4n) is 6.16. The van der Waals surface area contributed by atoms with Crippen LogP contribution in [0.5, 0.6) is 0 Å². The SMILES string of the molecule is CCN1/C(=C\C(c2ccccc2)=c2\s/c(=C/C(=C\c3sc4ccccc4[n+]3CC)OC)n(CC(=O)O)c2=O)Sc2c1ccc1ccccc21.[I-]. The molecule has 0 fully saturated rings. The van der Waals surface area contributed by atoms with Crippen molar-refractivity contribution in [1.82, 2.24) is 4.57 Å². The van der Waals surface area contributed by atoms with Crippen molar-refractivity contribution in [2.45, 2.75) is 31.8 Å². The summed E-state index contributed by atoms with van der Waals surface area (Å²) in [4.78, 5) is 29.8. The number of aliphatic carboxylic acids is 1. The van der Waals surface area contributed by atoms with Crippen molar-refractivity contribution in [2.75, 3.05) is 18.6 Å². The Kier molecular flexibility index (Phi) is 11.0. The predicted octanol–water partition coefficient (Wildman–Crippen LogP) is 3.81. The number of methoxy groups -OCH3 is 1. The molecule has 4 aromatic carbocycles. The molecule has 0 saturated heterocycles. The van der Waals surface area contributed by atoms with Gasteiger partial charge in [-0.3, -0.25) is 14.2 Å². The normalized spacial score (nSPS) is 14.7. The van der Waals surface area contributed by atoms with Crippen LogP contribution in [0.1, 0.15) is 24.4 Å². The second-order valence-corrected chi connectivity index (χ2v) is 14.5. The van der Waals surface area contributed by atoms with Crippen LogP contribution in [0.25, 0.3) is 38.7 Å². The molecular formula is C39H34IN3O4S3.